The van der Waals surface area contributed by atoms with E-state index in [-0.39, 0.29) is 24.3 Å². The Balaban J connectivity index is 1.71. The molecule has 1 saturated heterocycles. The van der Waals surface area contributed by atoms with Crippen LogP contribution in [0.15, 0.2) is 0 Å². The summed E-state index contributed by atoms with van der Waals surface area (Å²) < 4.78 is 0. The van der Waals surface area contributed by atoms with Gasteiger partial charge in [-0.3, -0.25) is 9.59 Å². The highest BCUT2D eigenvalue weighted by atomic mass is 16.2. The zero-order valence-corrected chi connectivity index (χ0v) is 12.7. The van der Waals surface area contributed by atoms with Crippen molar-refractivity contribution in [3.05, 3.63) is 0 Å². The van der Waals surface area contributed by atoms with Gasteiger partial charge in [-0.15, -0.1) is 0 Å². The van der Waals surface area contributed by atoms with E-state index in [9.17, 15) is 9.59 Å². The minimum atomic E-state index is 0.0396. The van der Waals surface area contributed by atoms with E-state index in [1.165, 1.54) is 12.8 Å². The first-order valence-corrected chi connectivity index (χ1v) is 7.82. The molecule has 20 heavy (non-hydrogen) atoms. The van der Waals surface area contributed by atoms with Gasteiger partial charge in [0.1, 0.15) is 0 Å². The molecular weight excluding hydrogens is 254 g/mol. The molecule has 1 saturated carbocycles. The highest BCUT2D eigenvalue weighted by Gasteiger charge is 2.27. The van der Waals surface area contributed by atoms with Gasteiger partial charge in [0.2, 0.25) is 11.8 Å². The van der Waals surface area contributed by atoms with Crippen molar-refractivity contribution in [3.63, 3.8) is 0 Å². The minimum Gasteiger partial charge on any atom is -0.347 e. The van der Waals surface area contributed by atoms with Crippen LogP contribution in [-0.2, 0) is 9.59 Å². The molecule has 114 valence electrons. The standard InChI is InChI=1S/C15H27N3O2/c1-12(13-5-3-4-6-13)15(20)16-11-14(19)18-9-7-17(2)8-10-18/h12-13H,3-11H2,1-2H3,(H,16,20). The summed E-state index contributed by atoms with van der Waals surface area (Å²) in [6, 6.07) is 0. The molecule has 0 bridgehead atoms. The summed E-state index contributed by atoms with van der Waals surface area (Å²) in [6.07, 6.45) is 4.78. The molecule has 2 fully saturated rings. The molecular formula is C15H27N3O2. The van der Waals surface area contributed by atoms with Gasteiger partial charge in [-0.05, 0) is 25.8 Å². The molecule has 5 nitrogen and oxygen atoms in total. The summed E-state index contributed by atoms with van der Waals surface area (Å²) in [5.74, 6) is 0.635. The van der Waals surface area contributed by atoms with Crippen molar-refractivity contribution in [1.29, 1.82) is 0 Å². The van der Waals surface area contributed by atoms with Gasteiger partial charge in [0.15, 0.2) is 0 Å². The number of amides is 2. The van der Waals surface area contributed by atoms with Crippen molar-refractivity contribution < 1.29 is 9.59 Å². The molecule has 2 rings (SSSR count). The fraction of sp³-hybridized carbons (Fsp3) is 0.867. The number of carbonyl (C=O) groups is 2. The third-order valence-electron chi connectivity index (χ3n) is 4.79. The first-order valence-electron chi connectivity index (χ1n) is 7.82. The molecule has 1 aliphatic heterocycles. The molecule has 1 heterocycles. The number of hydrogen-bond donors (Lipinski definition) is 1. The van der Waals surface area contributed by atoms with Gasteiger partial charge in [0.25, 0.3) is 0 Å². The van der Waals surface area contributed by atoms with Crippen LogP contribution in [0.2, 0.25) is 0 Å². The first-order chi connectivity index (χ1) is 9.58. The van der Waals surface area contributed by atoms with Crippen LogP contribution in [0.1, 0.15) is 32.6 Å². The Labute approximate surface area is 121 Å². The Bertz CT molecular complexity index is 345. The van der Waals surface area contributed by atoms with E-state index in [2.05, 4.69) is 17.3 Å². The van der Waals surface area contributed by atoms with Crippen LogP contribution in [0.5, 0.6) is 0 Å². The van der Waals surface area contributed by atoms with E-state index >= 15 is 0 Å². The number of piperazine rings is 1. The zero-order chi connectivity index (χ0) is 14.5. The van der Waals surface area contributed by atoms with Gasteiger partial charge in [-0.1, -0.05) is 19.8 Å². The van der Waals surface area contributed by atoms with Crippen LogP contribution in [0.3, 0.4) is 0 Å². The Morgan fingerprint density at radius 2 is 1.75 bits per heavy atom. The van der Waals surface area contributed by atoms with Crippen molar-refractivity contribution in [2.24, 2.45) is 11.8 Å². The molecule has 0 spiro atoms. The zero-order valence-electron chi connectivity index (χ0n) is 12.7. The van der Waals surface area contributed by atoms with Crippen molar-refractivity contribution in [1.82, 2.24) is 15.1 Å². The average molecular weight is 281 g/mol. The lowest BCUT2D eigenvalue weighted by Gasteiger charge is -2.32. The molecule has 0 aromatic heterocycles. The molecule has 0 aromatic carbocycles. The van der Waals surface area contributed by atoms with Crippen LogP contribution in [-0.4, -0.2) is 61.4 Å². The van der Waals surface area contributed by atoms with E-state index in [0.717, 1.165) is 39.0 Å². The van der Waals surface area contributed by atoms with Gasteiger partial charge < -0.3 is 15.1 Å². The molecule has 1 N–H and O–H groups in total. The normalized spacial score (nSPS) is 22.8. The minimum absolute atomic E-state index is 0.0396. The van der Waals surface area contributed by atoms with Crippen LogP contribution in [0.4, 0.5) is 0 Å². The van der Waals surface area contributed by atoms with Gasteiger partial charge in [0.05, 0.1) is 6.54 Å². The third kappa shape index (κ3) is 3.95. The predicted molar refractivity (Wildman–Crippen MR) is 78.2 cm³/mol. The Kier molecular flexibility index (Phi) is 5.40. The van der Waals surface area contributed by atoms with E-state index in [0.29, 0.717) is 5.92 Å². The van der Waals surface area contributed by atoms with E-state index < -0.39 is 0 Å². The van der Waals surface area contributed by atoms with Crippen molar-refractivity contribution in [2.45, 2.75) is 32.6 Å². The number of carbonyl (C=O) groups excluding carboxylic acids is 2. The second kappa shape index (κ2) is 7.07. The van der Waals surface area contributed by atoms with Crippen molar-refractivity contribution >= 4 is 11.8 Å². The molecule has 0 aromatic rings. The van der Waals surface area contributed by atoms with E-state index in [1.54, 1.807) is 0 Å². The summed E-state index contributed by atoms with van der Waals surface area (Å²) in [7, 11) is 2.06. The number of nitrogens with zero attached hydrogens (tertiary/aromatic N) is 2. The van der Waals surface area contributed by atoms with Crippen molar-refractivity contribution in [3.8, 4) is 0 Å². The van der Waals surface area contributed by atoms with Gasteiger partial charge in [0, 0.05) is 32.1 Å². The van der Waals surface area contributed by atoms with Gasteiger partial charge in [-0.25, -0.2) is 0 Å². The molecule has 0 radical (unpaired) electrons. The maximum absolute atomic E-state index is 12.1. The Hall–Kier alpha value is -1.10. The van der Waals surface area contributed by atoms with Gasteiger partial charge in [-0.2, -0.15) is 0 Å². The summed E-state index contributed by atoms with van der Waals surface area (Å²) in [5, 5.41) is 2.82. The topological polar surface area (TPSA) is 52.7 Å². The van der Waals surface area contributed by atoms with Crippen LogP contribution in [0.25, 0.3) is 0 Å². The monoisotopic (exact) mass is 281 g/mol. The van der Waals surface area contributed by atoms with Crippen LogP contribution in [0, 0.1) is 11.8 Å². The van der Waals surface area contributed by atoms with Crippen molar-refractivity contribution in [2.75, 3.05) is 39.8 Å². The maximum Gasteiger partial charge on any atom is 0.242 e. The molecule has 1 aliphatic carbocycles. The van der Waals surface area contributed by atoms with E-state index in [4.69, 9.17) is 0 Å². The first kappa shape index (κ1) is 15.3. The molecule has 2 amide bonds. The summed E-state index contributed by atoms with van der Waals surface area (Å²) in [6.45, 7) is 5.51. The fourth-order valence-electron chi connectivity index (χ4n) is 3.16. The number of hydrogen-bond acceptors (Lipinski definition) is 3. The molecule has 1 atom stereocenters. The lowest BCUT2D eigenvalue weighted by molar-refractivity contribution is -0.135. The highest BCUT2D eigenvalue weighted by Crippen LogP contribution is 2.31. The average Bonchev–Trinajstić information content (AvgIpc) is 2.98. The van der Waals surface area contributed by atoms with Crippen LogP contribution >= 0.6 is 0 Å². The number of nitrogens with one attached hydrogen (secondary N) is 1. The molecule has 2 aliphatic rings. The van der Waals surface area contributed by atoms with Gasteiger partial charge >= 0.3 is 0 Å². The maximum atomic E-state index is 12.1. The SMILES string of the molecule is CC(C(=O)NCC(=O)N1CCN(C)CC1)C1CCCC1. The quantitative estimate of drug-likeness (QED) is 0.825. The van der Waals surface area contributed by atoms with Crippen LogP contribution < -0.4 is 5.32 Å². The largest absolute Gasteiger partial charge is 0.347 e. The third-order valence-corrected chi connectivity index (χ3v) is 4.79. The smallest absolute Gasteiger partial charge is 0.242 e. The summed E-state index contributed by atoms with van der Waals surface area (Å²) in [5.41, 5.74) is 0. The lowest BCUT2D eigenvalue weighted by Crippen LogP contribution is -2.50. The summed E-state index contributed by atoms with van der Waals surface area (Å²) >= 11 is 0. The summed E-state index contributed by atoms with van der Waals surface area (Å²) in [4.78, 5) is 28.2. The highest BCUT2D eigenvalue weighted by molar-refractivity contribution is 5.85. The predicted octanol–water partition coefficient (Wildman–Crippen LogP) is 0.703. The Morgan fingerprint density at radius 3 is 2.35 bits per heavy atom. The molecule has 5 heteroatoms. The number of rotatable bonds is 4. The Morgan fingerprint density at radius 1 is 1.15 bits per heavy atom. The second-order valence-electron chi connectivity index (χ2n) is 6.24. The molecule has 1 unspecified atom stereocenters. The lowest BCUT2D eigenvalue weighted by atomic mass is 9.92. The van der Waals surface area contributed by atoms with E-state index in [1.807, 2.05) is 11.8 Å². The second-order valence-corrected chi connectivity index (χ2v) is 6.24. The number of likely N-dealkylation sites (N-methyl/N-ethyl adjacent to an activating group) is 1. The fourth-order valence-corrected chi connectivity index (χ4v) is 3.16.